The van der Waals surface area contributed by atoms with Crippen molar-refractivity contribution < 1.29 is 9.73 Å². The molecule has 0 saturated carbocycles. The molecule has 0 amide bonds. The molecule has 0 atom stereocenters. The lowest BCUT2D eigenvalue weighted by Crippen LogP contribution is -2.82. The zero-order valence-electron chi connectivity index (χ0n) is 9.39. The monoisotopic (exact) mass is 218 g/mol. The van der Waals surface area contributed by atoms with E-state index in [2.05, 4.69) is 22.4 Å². The third-order valence-corrected chi connectivity index (χ3v) is 2.30. The number of quaternary nitrogens is 1. The summed E-state index contributed by atoms with van der Waals surface area (Å²) in [6.07, 6.45) is 1.15. The molecular formula is C12H16N3O+. The first-order valence-corrected chi connectivity index (χ1v) is 5.59. The van der Waals surface area contributed by atoms with Gasteiger partial charge in [-0.15, -0.1) is 10.2 Å². The fourth-order valence-corrected chi connectivity index (χ4v) is 1.46. The molecule has 4 heteroatoms. The van der Waals surface area contributed by atoms with Gasteiger partial charge in [0.15, 0.2) is 6.54 Å². The van der Waals surface area contributed by atoms with Crippen LogP contribution in [0.1, 0.15) is 19.2 Å². The van der Waals surface area contributed by atoms with Crippen LogP contribution in [0.25, 0.3) is 11.5 Å². The van der Waals surface area contributed by atoms with Crippen LogP contribution >= 0.6 is 0 Å². The van der Waals surface area contributed by atoms with Crippen LogP contribution in [-0.4, -0.2) is 16.7 Å². The van der Waals surface area contributed by atoms with Gasteiger partial charge in [-0.3, -0.25) is 0 Å². The Labute approximate surface area is 94.7 Å². The second-order valence-corrected chi connectivity index (χ2v) is 3.65. The maximum absolute atomic E-state index is 5.56. The van der Waals surface area contributed by atoms with Gasteiger partial charge >= 0.3 is 0 Å². The normalized spacial score (nSPS) is 10.6. The van der Waals surface area contributed by atoms with Crippen LogP contribution in [-0.2, 0) is 6.54 Å². The molecule has 84 valence electrons. The topological polar surface area (TPSA) is 55.5 Å². The summed E-state index contributed by atoms with van der Waals surface area (Å²) >= 11 is 0. The first-order valence-electron chi connectivity index (χ1n) is 5.59. The van der Waals surface area contributed by atoms with Crippen molar-refractivity contribution in [1.29, 1.82) is 0 Å². The zero-order valence-corrected chi connectivity index (χ0v) is 9.39. The predicted molar refractivity (Wildman–Crippen MR) is 60.5 cm³/mol. The average molecular weight is 218 g/mol. The largest absolute Gasteiger partial charge is 0.415 e. The molecule has 2 N–H and O–H groups in total. The third-order valence-electron chi connectivity index (χ3n) is 2.30. The maximum atomic E-state index is 5.56. The van der Waals surface area contributed by atoms with E-state index in [-0.39, 0.29) is 0 Å². The predicted octanol–water partition coefficient (Wildman–Crippen LogP) is 1.21. The van der Waals surface area contributed by atoms with Gasteiger partial charge in [0.1, 0.15) is 0 Å². The van der Waals surface area contributed by atoms with Crippen molar-refractivity contribution in [2.75, 3.05) is 6.54 Å². The van der Waals surface area contributed by atoms with Crippen LogP contribution in [0.2, 0.25) is 0 Å². The van der Waals surface area contributed by atoms with E-state index in [0.717, 1.165) is 25.1 Å². The van der Waals surface area contributed by atoms with Crippen molar-refractivity contribution in [3.8, 4) is 11.5 Å². The number of nitrogens with two attached hydrogens (primary N) is 1. The highest BCUT2D eigenvalue weighted by atomic mass is 16.4. The lowest BCUT2D eigenvalue weighted by atomic mass is 10.2. The molecule has 0 spiro atoms. The lowest BCUT2D eigenvalue weighted by Gasteiger charge is -1.94. The molecule has 0 radical (unpaired) electrons. The van der Waals surface area contributed by atoms with Gasteiger partial charge in [-0.05, 0) is 18.6 Å². The molecule has 0 fully saturated rings. The molecule has 0 saturated heterocycles. The third kappa shape index (κ3) is 2.67. The first-order chi connectivity index (χ1) is 7.90. The minimum absolute atomic E-state index is 0.598. The molecule has 0 aliphatic heterocycles. The summed E-state index contributed by atoms with van der Waals surface area (Å²) in [5, 5.41) is 10.2. The quantitative estimate of drug-likeness (QED) is 0.767. The highest BCUT2D eigenvalue weighted by molar-refractivity contribution is 5.51. The van der Waals surface area contributed by atoms with E-state index in [9.17, 15) is 0 Å². The van der Waals surface area contributed by atoms with Crippen molar-refractivity contribution in [3.05, 3.63) is 36.2 Å². The number of nitrogens with zero attached hydrogens (tertiary/aromatic N) is 2. The summed E-state index contributed by atoms with van der Waals surface area (Å²) in [6, 6.07) is 9.82. The summed E-state index contributed by atoms with van der Waals surface area (Å²) in [5.41, 5.74) is 0.969. The molecule has 2 aromatic rings. The SMILES string of the molecule is CCC[NH2+]Cc1nnc(-c2ccccc2)o1. The molecule has 1 aromatic heterocycles. The Bertz CT molecular complexity index is 425. The van der Waals surface area contributed by atoms with Crippen LogP contribution in [0.4, 0.5) is 0 Å². The van der Waals surface area contributed by atoms with Crippen molar-refractivity contribution >= 4 is 0 Å². The Morgan fingerprint density at radius 3 is 2.75 bits per heavy atom. The maximum Gasteiger partial charge on any atom is 0.271 e. The van der Waals surface area contributed by atoms with E-state index >= 15 is 0 Å². The van der Waals surface area contributed by atoms with Crippen molar-refractivity contribution in [1.82, 2.24) is 10.2 Å². The van der Waals surface area contributed by atoms with Crippen molar-refractivity contribution in [3.63, 3.8) is 0 Å². The highest BCUT2D eigenvalue weighted by Crippen LogP contribution is 2.16. The summed E-state index contributed by atoms with van der Waals surface area (Å²) < 4.78 is 5.56. The second kappa shape index (κ2) is 5.42. The Hall–Kier alpha value is -1.68. The fraction of sp³-hybridized carbons (Fsp3) is 0.333. The van der Waals surface area contributed by atoms with Crippen LogP contribution in [0, 0.1) is 0 Å². The molecule has 2 rings (SSSR count). The minimum atomic E-state index is 0.598. The second-order valence-electron chi connectivity index (χ2n) is 3.65. The van der Waals surface area contributed by atoms with Gasteiger partial charge in [0.25, 0.3) is 5.89 Å². The van der Waals surface area contributed by atoms with E-state index in [0.29, 0.717) is 11.8 Å². The molecule has 1 aromatic carbocycles. The zero-order chi connectivity index (χ0) is 11.2. The Morgan fingerprint density at radius 2 is 2.00 bits per heavy atom. The Balaban J connectivity index is 2.02. The smallest absolute Gasteiger partial charge is 0.271 e. The molecule has 16 heavy (non-hydrogen) atoms. The van der Waals surface area contributed by atoms with Gasteiger partial charge in [0, 0.05) is 5.56 Å². The summed E-state index contributed by atoms with van der Waals surface area (Å²) in [7, 11) is 0. The molecular weight excluding hydrogens is 202 g/mol. The highest BCUT2D eigenvalue weighted by Gasteiger charge is 2.08. The standard InChI is InChI=1S/C12H15N3O/c1-2-8-13-9-11-14-15-12(16-11)10-6-4-3-5-7-10/h3-7,13H,2,8-9H2,1H3/p+1. The summed E-state index contributed by atoms with van der Waals surface area (Å²) in [6.45, 7) is 4.00. The van der Waals surface area contributed by atoms with Gasteiger partial charge < -0.3 is 9.73 Å². The Morgan fingerprint density at radius 1 is 1.19 bits per heavy atom. The van der Waals surface area contributed by atoms with Crippen LogP contribution in [0.3, 0.4) is 0 Å². The lowest BCUT2D eigenvalue weighted by molar-refractivity contribution is -0.672. The van der Waals surface area contributed by atoms with Gasteiger partial charge in [0.2, 0.25) is 5.89 Å². The number of benzene rings is 1. The molecule has 4 nitrogen and oxygen atoms in total. The van der Waals surface area contributed by atoms with E-state index < -0.39 is 0 Å². The van der Waals surface area contributed by atoms with Gasteiger partial charge in [-0.25, -0.2) is 0 Å². The summed E-state index contributed by atoms with van der Waals surface area (Å²) in [4.78, 5) is 0. The van der Waals surface area contributed by atoms with Gasteiger partial charge in [-0.2, -0.15) is 0 Å². The minimum Gasteiger partial charge on any atom is -0.415 e. The Kier molecular flexibility index (Phi) is 3.66. The average Bonchev–Trinajstić information content (AvgIpc) is 2.79. The first kappa shape index (κ1) is 10.8. The van der Waals surface area contributed by atoms with Crippen LogP contribution < -0.4 is 5.32 Å². The van der Waals surface area contributed by atoms with Gasteiger partial charge in [0.05, 0.1) is 6.54 Å². The number of hydrogen-bond acceptors (Lipinski definition) is 3. The number of aromatic nitrogens is 2. The number of hydrogen-bond donors (Lipinski definition) is 1. The molecule has 0 aliphatic rings. The summed E-state index contributed by atoms with van der Waals surface area (Å²) in [5.74, 6) is 1.29. The van der Waals surface area contributed by atoms with Gasteiger partial charge in [-0.1, -0.05) is 25.1 Å². The molecule has 1 heterocycles. The van der Waals surface area contributed by atoms with Crippen molar-refractivity contribution in [2.24, 2.45) is 0 Å². The molecule has 0 aliphatic carbocycles. The van der Waals surface area contributed by atoms with E-state index in [1.54, 1.807) is 0 Å². The van der Waals surface area contributed by atoms with Crippen LogP contribution in [0.5, 0.6) is 0 Å². The van der Waals surface area contributed by atoms with E-state index in [1.165, 1.54) is 0 Å². The van der Waals surface area contributed by atoms with Crippen LogP contribution in [0.15, 0.2) is 34.7 Å². The van der Waals surface area contributed by atoms with E-state index in [4.69, 9.17) is 4.42 Å². The number of rotatable bonds is 5. The molecule has 0 bridgehead atoms. The van der Waals surface area contributed by atoms with E-state index in [1.807, 2.05) is 30.3 Å². The van der Waals surface area contributed by atoms with Crippen molar-refractivity contribution in [2.45, 2.75) is 19.9 Å². The fourth-order valence-electron chi connectivity index (χ4n) is 1.46. The molecule has 0 unspecified atom stereocenters.